The zero-order valence-electron chi connectivity index (χ0n) is 21.3. The Balaban J connectivity index is 1.87. The Bertz CT molecular complexity index is 1020. The molecule has 0 aromatic rings. The number of allylic oxidation sites excluding steroid dienone is 7. The summed E-state index contributed by atoms with van der Waals surface area (Å²) >= 11 is 0. The summed E-state index contributed by atoms with van der Waals surface area (Å²) in [6, 6.07) is 0. The van der Waals surface area contributed by atoms with Gasteiger partial charge in [0, 0.05) is 10.8 Å². The molecule has 0 aromatic heterocycles. The van der Waals surface area contributed by atoms with E-state index >= 15 is 0 Å². The van der Waals surface area contributed by atoms with Gasteiger partial charge in [-0.05, 0) is 96.8 Å². The molecule has 0 radical (unpaired) electrons. The molecule has 0 aromatic carbocycles. The Morgan fingerprint density at radius 3 is 2.30 bits per heavy atom. The smallest absolute Gasteiger partial charge is 0.223 e. The predicted octanol–water partition coefficient (Wildman–Crippen LogP) is 6.34. The Morgan fingerprint density at radius 2 is 1.70 bits per heavy atom. The molecule has 4 aliphatic carbocycles. The van der Waals surface area contributed by atoms with Crippen molar-refractivity contribution in [2.24, 2.45) is 38.7 Å². The number of hydrogen-bond donors (Lipinski definition) is 2. The quantitative estimate of drug-likeness (QED) is 0.298. The van der Waals surface area contributed by atoms with Crippen LogP contribution in [0.2, 0.25) is 0 Å². The van der Waals surface area contributed by atoms with Crippen molar-refractivity contribution in [1.82, 2.24) is 0 Å². The topological polar surface area (TPSA) is 80.4 Å². The number of aliphatic hydroxyl groups excluding tert-OH is 1. The number of nitrogens with two attached hydrogens (primary N) is 1. The second kappa shape index (κ2) is 7.45. The summed E-state index contributed by atoms with van der Waals surface area (Å²) in [5, 5.41) is 9.71. The van der Waals surface area contributed by atoms with Crippen LogP contribution in [-0.4, -0.2) is 17.3 Å². The molecular formula is C29H41NO3. The Labute approximate surface area is 199 Å². The van der Waals surface area contributed by atoms with Crippen LogP contribution in [0, 0.1) is 33.0 Å². The van der Waals surface area contributed by atoms with Crippen molar-refractivity contribution >= 4 is 12.2 Å². The maximum absolute atomic E-state index is 12.5. The van der Waals surface area contributed by atoms with Crippen LogP contribution in [0.4, 0.5) is 0 Å². The van der Waals surface area contributed by atoms with Gasteiger partial charge in [-0.25, -0.2) is 0 Å². The molecule has 1 amide bonds. The molecule has 4 nitrogen and oxygen atoms in total. The van der Waals surface area contributed by atoms with Crippen LogP contribution in [0.5, 0.6) is 0 Å². The highest BCUT2D eigenvalue weighted by atomic mass is 16.2. The van der Waals surface area contributed by atoms with Gasteiger partial charge in [0.25, 0.3) is 0 Å². The van der Waals surface area contributed by atoms with Gasteiger partial charge in [0.1, 0.15) is 6.29 Å². The molecule has 3 N–H and O–H groups in total. The molecule has 4 heteroatoms. The van der Waals surface area contributed by atoms with E-state index in [9.17, 15) is 14.7 Å². The zero-order valence-corrected chi connectivity index (χ0v) is 21.3. The molecule has 3 fully saturated rings. The fourth-order valence-electron chi connectivity index (χ4n) is 8.36. The van der Waals surface area contributed by atoms with Crippen LogP contribution in [-0.2, 0) is 9.59 Å². The largest absolute Gasteiger partial charge is 0.515 e. The van der Waals surface area contributed by atoms with Crippen LogP contribution in [0.3, 0.4) is 0 Å². The fraction of sp³-hybridized carbons (Fsp3) is 0.655. The monoisotopic (exact) mass is 451 g/mol. The molecule has 180 valence electrons. The van der Waals surface area contributed by atoms with Crippen molar-refractivity contribution in [3.8, 4) is 0 Å². The van der Waals surface area contributed by atoms with Crippen molar-refractivity contribution in [2.45, 2.75) is 86.5 Å². The molecule has 4 aliphatic rings. The van der Waals surface area contributed by atoms with Gasteiger partial charge in [-0.15, -0.1) is 0 Å². The number of hydrogen-bond acceptors (Lipinski definition) is 3. The predicted molar refractivity (Wildman–Crippen MR) is 132 cm³/mol. The van der Waals surface area contributed by atoms with Gasteiger partial charge in [0.2, 0.25) is 5.91 Å². The number of aldehydes is 1. The number of carbonyl (C=O) groups excluding carboxylic acids is 2. The minimum Gasteiger partial charge on any atom is -0.515 e. The first-order valence-corrected chi connectivity index (χ1v) is 12.5. The summed E-state index contributed by atoms with van der Waals surface area (Å²) in [5.41, 5.74) is 9.60. The summed E-state index contributed by atoms with van der Waals surface area (Å²) in [6.07, 6.45) is 15.1. The summed E-state index contributed by atoms with van der Waals surface area (Å²) in [4.78, 5) is 24.1. The van der Waals surface area contributed by atoms with Crippen molar-refractivity contribution in [3.05, 3.63) is 46.8 Å². The van der Waals surface area contributed by atoms with Crippen LogP contribution in [0.25, 0.3) is 0 Å². The van der Waals surface area contributed by atoms with Gasteiger partial charge < -0.3 is 10.8 Å². The maximum atomic E-state index is 12.5. The normalized spacial score (nSPS) is 46.4. The van der Waals surface area contributed by atoms with E-state index in [1.807, 2.05) is 6.92 Å². The lowest BCUT2D eigenvalue weighted by Gasteiger charge is -2.70. The number of rotatable bonds is 3. The molecule has 0 aliphatic heterocycles. The van der Waals surface area contributed by atoms with Crippen molar-refractivity contribution in [3.63, 3.8) is 0 Å². The zero-order chi connectivity index (χ0) is 24.4. The Morgan fingerprint density at radius 1 is 1.03 bits per heavy atom. The molecule has 33 heavy (non-hydrogen) atoms. The van der Waals surface area contributed by atoms with Gasteiger partial charge in [-0.3, -0.25) is 9.59 Å². The highest BCUT2D eigenvalue weighted by Crippen LogP contribution is 2.75. The molecular weight excluding hydrogens is 410 g/mol. The van der Waals surface area contributed by atoms with Crippen LogP contribution >= 0.6 is 0 Å². The average Bonchev–Trinajstić information content (AvgIpc) is 2.77. The first-order valence-electron chi connectivity index (χ1n) is 12.5. The number of primary amides is 1. The van der Waals surface area contributed by atoms with Gasteiger partial charge in [-0.2, -0.15) is 0 Å². The van der Waals surface area contributed by atoms with Gasteiger partial charge in [0.05, 0.1) is 6.26 Å². The molecule has 0 unspecified atom stereocenters. The number of amides is 1. The molecule has 0 saturated heterocycles. The van der Waals surface area contributed by atoms with Crippen molar-refractivity contribution < 1.29 is 14.7 Å². The second-order valence-electron chi connectivity index (χ2n) is 12.6. The van der Waals surface area contributed by atoms with Crippen LogP contribution in [0.1, 0.15) is 86.5 Å². The summed E-state index contributed by atoms with van der Waals surface area (Å²) in [7, 11) is 0. The summed E-state index contributed by atoms with van der Waals surface area (Å²) < 4.78 is 0. The fourth-order valence-corrected chi connectivity index (χ4v) is 8.36. The third-order valence-electron chi connectivity index (χ3n) is 11.1. The minimum absolute atomic E-state index is 0.0408. The number of fused-ring (bicyclic) bond motifs is 5. The van der Waals surface area contributed by atoms with Gasteiger partial charge >= 0.3 is 0 Å². The highest BCUT2D eigenvalue weighted by Gasteiger charge is 2.66. The molecule has 6 atom stereocenters. The van der Waals surface area contributed by atoms with Gasteiger partial charge in [-0.1, -0.05) is 52.3 Å². The second-order valence-corrected chi connectivity index (χ2v) is 12.6. The average molecular weight is 452 g/mol. The van der Waals surface area contributed by atoms with Crippen molar-refractivity contribution in [1.29, 1.82) is 0 Å². The van der Waals surface area contributed by atoms with E-state index in [1.165, 1.54) is 5.57 Å². The minimum atomic E-state index is -0.439. The molecule has 0 spiro atoms. The lowest BCUT2D eigenvalue weighted by atomic mass is 9.34. The lowest BCUT2D eigenvalue weighted by molar-refractivity contribution is -0.167. The van der Waals surface area contributed by atoms with E-state index in [-0.39, 0.29) is 27.6 Å². The van der Waals surface area contributed by atoms with E-state index in [0.717, 1.165) is 74.2 Å². The standard InChI is InChI=1S/C29H41NO3/c1-19(18-32)20-7-8-22-27(4,21(20)9-16-31)13-15-29(6)23-17-26(3,24(30)33)11-10-25(23,2)12-14-28(22,29)5/h7-9,16,18,23,32H,10-15,17H2,1-6H3,(H2,30,33)/b19-18+,21-9+/t23-,25-,26-,27+,28-,29+/m1/s1. The van der Waals surface area contributed by atoms with E-state index in [4.69, 9.17) is 5.73 Å². The maximum Gasteiger partial charge on any atom is 0.223 e. The van der Waals surface area contributed by atoms with E-state index in [1.54, 1.807) is 6.08 Å². The number of carbonyl (C=O) groups is 2. The van der Waals surface area contributed by atoms with E-state index in [0.29, 0.717) is 5.92 Å². The summed E-state index contributed by atoms with van der Waals surface area (Å²) in [5.74, 6) is 0.261. The summed E-state index contributed by atoms with van der Waals surface area (Å²) in [6.45, 7) is 13.6. The van der Waals surface area contributed by atoms with Crippen molar-refractivity contribution in [2.75, 3.05) is 0 Å². The molecule has 0 heterocycles. The van der Waals surface area contributed by atoms with E-state index in [2.05, 4.69) is 46.8 Å². The number of aliphatic hydroxyl groups is 1. The SMILES string of the molecule is C/C(=C\O)C1=CC=C2[C@@](C)(CC[C@@]3(C)[C@@H]4C[C@](C)(C(N)=O)CC[C@]4(C)CC[C@]23C)/C1=C/C=O. The third-order valence-corrected chi connectivity index (χ3v) is 11.1. The lowest BCUT2D eigenvalue weighted by Crippen LogP contribution is -2.62. The van der Waals surface area contributed by atoms with Crippen LogP contribution < -0.4 is 5.73 Å². The molecule has 4 rings (SSSR count). The third kappa shape index (κ3) is 3.08. The molecule has 0 bridgehead atoms. The Hall–Kier alpha value is -2.10. The van der Waals surface area contributed by atoms with E-state index < -0.39 is 5.41 Å². The van der Waals surface area contributed by atoms with Gasteiger partial charge in [0.15, 0.2) is 0 Å². The first-order chi connectivity index (χ1) is 15.3. The Kier molecular flexibility index (Phi) is 5.43. The molecule has 3 saturated carbocycles. The highest BCUT2D eigenvalue weighted by molar-refractivity contribution is 5.80. The first kappa shape index (κ1) is 24.0. The van der Waals surface area contributed by atoms with Crippen LogP contribution in [0.15, 0.2) is 46.8 Å².